The van der Waals surface area contributed by atoms with E-state index < -0.39 is 5.54 Å². The first-order chi connectivity index (χ1) is 13.9. The van der Waals surface area contributed by atoms with Crippen molar-refractivity contribution in [3.05, 3.63) is 132 Å². The molecule has 0 saturated carbocycles. The molecule has 3 aromatic carbocycles. The SMILES string of the molecule is N#C/C=C/c1nccn1C(c1ccccc1)(c1ccccc1)c1ccccc1. The monoisotopic (exact) mass is 361 g/mol. The Labute approximate surface area is 164 Å². The molecular weight excluding hydrogens is 342 g/mol. The molecule has 0 aliphatic rings. The molecule has 4 rings (SSSR count). The summed E-state index contributed by atoms with van der Waals surface area (Å²) in [6.45, 7) is 0. The van der Waals surface area contributed by atoms with Crippen LogP contribution in [0.4, 0.5) is 0 Å². The first kappa shape index (κ1) is 17.5. The molecule has 0 fully saturated rings. The van der Waals surface area contributed by atoms with E-state index in [4.69, 9.17) is 5.26 Å². The third-order valence-electron chi connectivity index (χ3n) is 4.91. The molecule has 134 valence electrons. The van der Waals surface area contributed by atoms with Crippen LogP contribution in [-0.2, 0) is 5.54 Å². The maximum Gasteiger partial charge on any atom is 0.134 e. The molecule has 0 atom stereocenters. The highest BCUT2D eigenvalue weighted by atomic mass is 15.1. The van der Waals surface area contributed by atoms with E-state index in [1.807, 2.05) is 24.4 Å². The van der Waals surface area contributed by atoms with Crippen molar-refractivity contribution in [1.29, 1.82) is 5.26 Å². The van der Waals surface area contributed by atoms with Crippen molar-refractivity contribution in [3.63, 3.8) is 0 Å². The van der Waals surface area contributed by atoms with Crippen molar-refractivity contribution in [2.24, 2.45) is 0 Å². The van der Waals surface area contributed by atoms with Gasteiger partial charge in [-0.3, -0.25) is 0 Å². The Bertz CT molecular complexity index is 1010. The van der Waals surface area contributed by atoms with Crippen LogP contribution in [0.1, 0.15) is 22.5 Å². The average Bonchev–Trinajstić information content (AvgIpc) is 3.24. The molecule has 0 amide bonds. The number of rotatable bonds is 5. The summed E-state index contributed by atoms with van der Waals surface area (Å²) in [6, 6.07) is 33.3. The third-order valence-corrected chi connectivity index (χ3v) is 4.91. The summed E-state index contributed by atoms with van der Waals surface area (Å²) in [5.74, 6) is 0.720. The predicted molar refractivity (Wildman–Crippen MR) is 111 cm³/mol. The molecule has 3 nitrogen and oxygen atoms in total. The number of allylic oxidation sites excluding steroid dienone is 1. The zero-order chi connectivity index (χ0) is 19.2. The van der Waals surface area contributed by atoms with Gasteiger partial charge in [0.25, 0.3) is 0 Å². The van der Waals surface area contributed by atoms with Gasteiger partial charge in [0, 0.05) is 18.5 Å². The first-order valence-corrected chi connectivity index (χ1v) is 9.14. The molecule has 0 saturated heterocycles. The van der Waals surface area contributed by atoms with E-state index in [9.17, 15) is 0 Å². The highest BCUT2D eigenvalue weighted by molar-refractivity contribution is 5.54. The zero-order valence-electron chi connectivity index (χ0n) is 15.3. The Kier molecular flexibility index (Phi) is 4.86. The zero-order valence-corrected chi connectivity index (χ0v) is 15.3. The van der Waals surface area contributed by atoms with Crippen molar-refractivity contribution in [2.45, 2.75) is 5.54 Å². The first-order valence-electron chi connectivity index (χ1n) is 9.14. The van der Waals surface area contributed by atoms with E-state index >= 15 is 0 Å². The lowest BCUT2D eigenvalue weighted by atomic mass is 9.76. The molecular formula is C25H19N3. The van der Waals surface area contributed by atoms with Crippen molar-refractivity contribution >= 4 is 6.08 Å². The Hall–Kier alpha value is -3.90. The summed E-state index contributed by atoms with van der Waals surface area (Å²) in [4.78, 5) is 4.52. The van der Waals surface area contributed by atoms with Crippen LogP contribution in [-0.4, -0.2) is 9.55 Å². The van der Waals surface area contributed by atoms with E-state index in [2.05, 4.69) is 88.4 Å². The Balaban J connectivity index is 2.13. The summed E-state index contributed by atoms with van der Waals surface area (Å²) in [7, 11) is 0. The van der Waals surface area contributed by atoms with Crippen LogP contribution in [0.5, 0.6) is 0 Å². The molecule has 28 heavy (non-hydrogen) atoms. The van der Waals surface area contributed by atoms with Crippen molar-refractivity contribution in [2.75, 3.05) is 0 Å². The second kappa shape index (κ2) is 7.77. The molecule has 1 heterocycles. The van der Waals surface area contributed by atoms with Gasteiger partial charge in [0.15, 0.2) is 0 Å². The largest absolute Gasteiger partial charge is 0.313 e. The van der Waals surface area contributed by atoms with E-state index in [1.54, 1.807) is 12.3 Å². The molecule has 4 aromatic rings. The van der Waals surface area contributed by atoms with Gasteiger partial charge in [0.05, 0.1) is 6.07 Å². The molecule has 3 heteroatoms. The predicted octanol–water partition coefficient (Wildman–Crippen LogP) is 5.26. The number of hydrogen-bond acceptors (Lipinski definition) is 2. The smallest absolute Gasteiger partial charge is 0.134 e. The lowest BCUT2D eigenvalue weighted by Crippen LogP contribution is -2.38. The van der Waals surface area contributed by atoms with Crippen molar-refractivity contribution in [1.82, 2.24) is 9.55 Å². The number of benzene rings is 3. The standard InChI is InChI=1S/C25H19N3/c26-18-10-17-24-27-19-20-28(24)25(21-11-4-1-5-12-21,22-13-6-2-7-14-22)23-15-8-3-9-16-23/h1-17,19-20H/b17-10+. The summed E-state index contributed by atoms with van der Waals surface area (Å²) in [5, 5.41) is 9.04. The normalized spacial score (nSPS) is 11.4. The maximum absolute atomic E-state index is 9.04. The molecule has 0 aliphatic heterocycles. The molecule has 0 aliphatic carbocycles. The van der Waals surface area contributed by atoms with E-state index in [0.717, 1.165) is 22.5 Å². The number of hydrogen-bond donors (Lipinski definition) is 0. The van der Waals surface area contributed by atoms with Crippen LogP contribution in [0.3, 0.4) is 0 Å². The highest BCUT2D eigenvalue weighted by Crippen LogP contribution is 2.41. The van der Waals surface area contributed by atoms with Gasteiger partial charge < -0.3 is 4.57 Å². The van der Waals surface area contributed by atoms with Crippen LogP contribution in [0.2, 0.25) is 0 Å². The topological polar surface area (TPSA) is 41.6 Å². The number of nitriles is 1. The third kappa shape index (κ3) is 2.91. The lowest BCUT2D eigenvalue weighted by molar-refractivity contribution is 0.511. The maximum atomic E-state index is 9.04. The van der Waals surface area contributed by atoms with Crippen LogP contribution in [0.25, 0.3) is 6.08 Å². The molecule has 0 spiro atoms. The van der Waals surface area contributed by atoms with Gasteiger partial charge in [-0.1, -0.05) is 91.0 Å². The Morgan fingerprint density at radius 3 is 1.64 bits per heavy atom. The highest BCUT2D eigenvalue weighted by Gasteiger charge is 2.39. The summed E-state index contributed by atoms with van der Waals surface area (Å²) in [6.07, 6.45) is 6.97. The number of nitrogens with zero attached hydrogens (tertiary/aromatic N) is 3. The second-order valence-corrected chi connectivity index (χ2v) is 6.43. The summed E-state index contributed by atoms with van der Waals surface area (Å²) >= 11 is 0. The van der Waals surface area contributed by atoms with Crippen LogP contribution < -0.4 is 0 Å². The fraction of sp³-hybridized carbons (Fsp3) is 0.0400. The molecule has 0 radical (unpaired) electrons. The van der Waals surface area contributed by atoms with Crippen molar-refractivity contribution in [3.8, 4) is 6.07 Å². The van der Waals surface area contributed by atoms with Gasteiger partial charge in [-0.15, -0.1) is 0 Å². The Morgan fingerprint density at radius 2 is 1.21 bits per heavy atom. The lowest BCUT2D eigenvalue weighted by Gasteiger charge is -2.38. The van der Waals surface area contributed by atoms with Crippen molar-refractivity contribution < 1.29 is 0 Å². The summed E-state index contributed by atoms with van der Waals surface area (Å²) in [5.41, 5.74) is 2.75. The summed E-state index contributed by atoms with van der Waals surface area (Å²) < 4.78 is 2.14. The molecule has 0 bridgehead atoms. The van der Waals surface area contributed by atoms with Gasteiger partial charge in [-0.05, 0) is 22.8 Å². The minimum absolute atomic E-state index is 0.616. The van der Waals surface area contributed by atoms with Crippen LogP contribution in [0, 0.1) is 11.3 Å². The minimum atomic E-state index is -0.616. The molecule has 0 N–H and O–H groups in total. The average molecular weight is 361 g/mol. The Morgan fingerprint density at radius 1 is 0.750 bits per heavy atom. The van der Waals surface area contributed by atoms with Gasteiger partial charge in [-0.25, -0.2) is 4.98 Å². The fourth-order valence-corrected chi connectivity index (χ4v) is 3.79. The fourth-order valence-electron chi connectivity index (χ4n) is 3.79. The minimum Gasteiger partial charge on any atom is -0.313 e. The second-order valence-electron chi connectivity index (χ2n) is 6.43. The van der Waals surface area contributed by atoms with Gasteiger partial charge in [0.2, 0.25) is 0 Å². The molecule has 0 unspecified atom stereocenters. The van der Waals surface area contributed by atoms with E-state index in [0.29, 0.717) is 0 Å². The van der Waals surface area contributed by atoms with Gasteiger partial charge >= 0.3 is 0 Å². The quantitative estimate of drug-likeness (QED) is 0.359. The number of aromatic nitrogens is 2. The molecule has 1 aromatic heterocycles. The van der Waals surface area contributed by atoms with Gasteiger partial charge in [-0.2, -0.15) is 5.26 Å². The van der Waals surface area contributed by atoms with E-state index in [-0.39, 0.29) is 0 Å². The number of imidazole rings is 1. The van der Waals surface area contributed by atoms with E-state index in [1.165, 1.54) is 6.08 Å². The van der Waals surface area contributed by atoms with Crippen LogP contribution in [0.15, 0.2) is 109 Å². The van der Waals surface area contributed by atoms with Gasteiger partial charge in [0.1, 0.15) is 11.4 Å². The van der Waals surface area contributed by atoms with Crippen LogP contribution >= 0.6 is 0 Å².